The maximum Gasteiger partial charge on any atom is 0.221 e. The Morgan fingerprint density at radius 1 is 1.39 bits per heavy atom. The standard InChI is InChI=1S/C14H19N3O/c1-4-16-14(18)9-12(10-15)11-5-7-13(8-6-11)17(2)3/h5-8,12H,4,9H2,1-3H3,(H,16,18). The average molecular weight is 245 g/mol. The van der Waals surface area contributed by atoms with Crippen LogP contribution >= 0.6 is 0 Å². The highest BCUT2D eigenvalue weighted by molar-refractivity contribution is 5.77. The van der Waals surface area contributed by atoms with E-state index in [1.54, 1.807) is 0 Å². The monoisotopic (exact) mass is 245 g/mol. The predicted octanol–water partition coefficient (Wildman–Crippen LogP) is 1.89. The molecule has 0 heterocycles. The molecule has 96 valence electrons. The van der Waals surface area contributed by atoms with Crippen molar-refractivity contribution < 1.29 is 4.79 Å². The van der Waals surface area contributed by atoms with Crippen molar-refractivity contribution in [3.05, 3.63) is 29.8 Å². The van der Waals surface area contributed by atoms with Gasteiger partial charge in [-0.3, -0.25) is 4.79 Å². The maximum atomic E-state index is 11.5. The molecule has 0 saturated heterocycles. The molecule has 0 bridgehead atoms. The summed E-state index contributed by atoms with van der Waals surface area (Å²) < 4.78 is 0. The van der Waals surface area contributed by atoms with Crippen molar-refractivity contribution in [3.8, 4) is 6.07 Å². The number of amides is 1. The summed E-state index contributed by atoms with van der Waals surface area (Å²) in [5.41, 5.74) is 1.96. The second kappa shape index (κ2) is 6.65. The zero-order chi connectivity index (χ0) is 13.5. The summed E-state index contributed by atoms with van der Waals surface area (Å²) in [6.07, 6.45) is 0.214. The molecule has 4 nitrogen and oxygen atoms in total. The van der Waals surface area contributed by atoms with Crippen LogP contribution in [0.2, 0.25) is 0 Å². The molecule has 0 aromatic heterocycles. The zero-order valence-electron chi connectivity index (χ0n) is 11.1. The third-order valence-corrected chi connectivity index (χ3v) is 2.73. The highest BCUT2D eigenvalue weighted by atomic mass is 16.1. The van der Waals surface area contributed by atoms with Crippen molar-refractivity contribution in [2.75, 3.05) is 25.5 Å². The highest BCUT2D eigenvalue weighted by Crippen LogP contribution is 2.21. The quantitative estimate of drug-likeness (QED) is 0.861. The van der Waals surface area contributed by atoms with Crippen molar-refractivity contribution >= 4 is 11.6 Å². The SMILES string of the molecule is CCNC(=O)CC(C#N)c1ccc(N(C)C)cc1. The van der Waals surface area contributed by atoms with E-state index in [0.717, 1.165) is 11.3 Å². The van der Waals surface area contributed by atoms with Gasteiger partial charge in [0.2, 0.25) is 5.91 Å². The van der Waals surface area contributed by atoms with Crippen molar-refractivity contribution in [2.45, 2.75) is 19.3 Å². The number of hydrogen-bond acceptors (Lipinski definition) is 3. The third-order valence-electron chi connectivity index (χ3n) is 2.73. The summed E-state index contributed by atoms with van der Waals surface area (Å²) in [5.74, 6) is -0.464. The molecule has 0 radical (unpaired) electrons. The largest absolute Gasteiger partial charge is 0.378 e. The van der Waals surface area contributed by atoms with Gasteiger partial charge in [-0.2, -0.15) is 5.26 Å². The van der Waals surface area contributed by atoms with Gasteiger partial charge in [0.1, 0.15) is 0 Å². The van der Waals surface area contributed by atoms with Gasteiger partial charge in [-0.15, -0.1) is 0 Å². The molecule has 1 rings (SSSR count). The van der Waals surface area contributed by atoms with Gasteiger partial charge in [-0.05, 0) is 24.6 Å². The summed E-state index contributed by atoms with van der Waals surface area (Å²) >= 11 is 0. The lowest BCUT2D eigenvalue weighted by molar-refractivity contribution is -0.121. The molecule has 4 heteroatoms. The number of nitrogens with one attached hydrogen (secondary N) is 1. The fourth-order valence-electron chi connectivity index (χ4n) is 1.70. The molecule has 1 amide bonds. The van der Waals surface area contributed by atoms with E-state index >= 15 is 0 Å². The van der Waals surface area contributed by atoms with Gasteiger partial charge in [0.15, 0.2) is 0 Å². The topological polar surface area (TPSA) is 56.1 Å². The van der Waals surface area contributed by atoms with Gasteiger partial charge in [-0.25, -0.2) is 0 Å². The van der Waals surface area contributed by atoms with E-state index in [1.165, 1.54) is 0 Å². The third kappa shape index (κ3) is 3.77. The first-order valence-corrected chi connectivity index (χ1v) is 6.02. The molecular weight excluding hydrogens is 226 g/mol. The molecule has 0 fully saturated rings. The van der Waals surface area contributed by atoms with E-state index in [4.69, 9.17) is 5.26 Å². The lowest BCUT2D eigenvalue weighted by atomic mass is 9.96. The van der Waals surface area contributed by atoms with Crippen molar-refractivity contribution in [3.63, 3.8) is 0 Å². The fraction of sp³-hybridized carbons (Fsp3) is 0.429. The first kappa shape index (κ1) is 14.0. The molecule has 1 aromatic rings. The maximum absolute atomic E-state index is 11.5. The Labute approximate surface area is 108 Å². The van der Waals surface area contributed by atoms with Gasteiger partial charge in [0.05, 0.1) is 12.0 Å². The van der Waals surface area contributed by atoms with Crippen LogP contribution in [0.5, 0.6) is 0 Å². The molecule has 0 aliphatic rings. The van der Waals surface area contributed by atoms with E-state index in [0.29, 0.717) is 6.54 Å². The van der Waals surface area contributed by atoms with Crippen molar-refractivity contribution in [1.29, 1.82) is 5.26 Å². The number of anilines is 1. The van der Waals surface area contributed by atoms with E-state index < -0.39 is 0 Å². The van der Waals surface area contributed by atoms with Crippen LogP contribution in [0.1, 0.15) is 24.8 Å². The van der Waals surface area contributed by atoms with Gasteiger partial charge in [0.25, 0.3) is 0 Å². The molecule has 0 aliphatic carbocycles. The van der Waals surface area contributed by atoms with Gasteiger partial charge in [-0.1, -0.05) is 12.1 Å². The Kier molecular flexibility index (Phi) is 5.19. The van der Waals surface area contributed by atoms with Crippen LogP contribution in [0.4, 0.5) is 5.69 Å². The minimum absolute atomic E-state index is 0.0827. The lowest BCUT2D eigenvalue weighted by Gasteiger charge is -2.14. The molecule has 0 aliphatic heterocycles. The second-order valence-corrected chi connectivity index (χ2v) is 4.33. The van der Waals surface area contributed by atoms with Crippen LogP contribution in [0, 0.1) is 11.3 Å². The minimum atomic E-state index is -0.382. The van der Waals surface area contributed by atoms with Crippen LogP contribution in [0.25, 0.3) is 0 Å². The number of nitriles is 1. The summed E-state index contributed by atoms with van der Waals surface area (Å²) in [5, 5.41) is 11.8. The van der Waals surface area contributed by atoms with Gasteiger partial charge >= 0.3 is 0 Å². The molecule has 0 spiro atoms. The summed E-state index contributed by atoms with van der Waals surface area (Å²) in [6, 6.07) is 9.90. The fourth-order valence-corrected chi connectivity index (χ4v) is 1.70. The molecule has 1 atom stereocenters. The van der Waals surface area contributed by atoms with E-state index in [-0.39, 0.29) is 18.2 Å². The molecule has 0 saturated carbocycles. The molecule has 1 aromatic carbocycles. The Hall–Kier alpha value is -2.02. The number of rotatable bonds is 5. The molecule has 1 unspecified atom stereocenters. The minimum Gasteiger partial charge on any atom is -0.378 e. The summed E-state index contributed by atoms with van der Waals surface area (Å²) in [7, 11) is 3.93. The first-order valence-electron chi connectivity index (χ1n) is 6.02. The van der Waals surface area contributed by atoms with Crippen LogP contribution in [-0.4, -0.2) is 26.5 Å². The lowest BCUT2D eigenvalue weighted by Crippen LogP contribution is -2.24. The van der Waals surface area contributed by atoms with Crippen molar-refractivity contribution in [1.82, 2.24) is 5.32 Å². The average Bonchev–Trinajstić information content (AvgIpc) is 2.36. The Balaban J connectivity index is 2.77. The molecule has 18 heavy (non-hydrogen) atoms. The second-order valence-electron chi connectivity index (χ2n) is 4.33. The van der Waals surface area contributed by atoms with Crippen LogP contribution in [0.3, 0.4) is 0 Å². The highest BCUT2D eigenvalue weighted by Gasteiger charge is 2.15. The first-order chi connectivity index (χ1) is 8.58. The number of carbonyl (C=O) groups excluding carboxylic acids is 1. The van der Waals surface area contributed by atoms with E-state index in [9.17, 15) is 4.79 Å². The van der Waals surface area contributed by atoms with Gasteiger partial charge < -0.3 is 10.2 Å². The zero-order valence-corrected chi connectivity index (χ0v) is 11.1. The molecular formula is C14H19N3O. The van der Waals surface area contributed by atoms with E-state index in [1.807, 2.05) is 50.2 Å². The number of benzene rings is 1. The normalized spacial score (nSPS) is 11.4. The Morgan fingerprint density at radius 3 is 2.44 bits per heavy atom. The smallest absolute Gasteiger partial charge is 0.221 e. The number of carbonyl (C=O) groups is 1. The Morgan fingerprint density at radius 2 is 2.00 bits per heavy atom. The van der Waals surface area contributed by atoms with Crippen LogP contribution < -0.4 is 10.2 Å². The summed E-state index contributed by atoms with van der Waals surface area (Å²) in [6.45, 7) is 2.46. The van der Waals surface area contributed by atoms with Crippen molar-refractivity contribution in [2.24, 2.45) is 0 Å². The number of nitrogens with zero attached hydrogens (tertiary/aromatic N) is 2. The van der Waals surface area contributed by atoms with Crippen LogP contribution in [0.15, 0.2) is 24.3 Å². The van der Waals surface area contributed by atoms with Crippen LogP contribution in [-0.2, 0) is 4.79 Å². The number of hydrogen-bond donors (Lipinski definition) is 1. The van der Waals surface area contributed by atoms with E-state index in [2.05, 4.69) is 11.4 Å². The summed E-state index contributed by atoms with van der Waals surface area (Å²) in [4.78, 5) is 13.5. The predicted molar refractivity (Wildman–Crippen MR) is 72.4 cm³/mol. The Bertz CT molecular complexity index is 431. The van der Waals surface area contributed by atoms with Gasteiger partial charge in [0, 0.05) is 32.7 Å². The molecule has 1 N–H and O–H groups in total.